The number of benzene rings is 3. The molecule has 1 heterocycles. The van der Waals surface area contributed by atoms with E-state index in [-0.39, 0.29) is 0 Å². The molecule has 4 aromatic rings. The molecule has 0 aliphatic rings. The zero-order valence-electron chi connectivity index (χ0n) is 12.9. The van der Waals surface area contributed by atoms with Crippen LogP contribution in [0.5, 0.6) is 0 Å². The van der Waals surface area contributed by atoms with Gasteiger partial charge in [-0.2, -0.15) is 5.10 Å². The second-order valence-corrected chi connectivity index (χ2v) is 6.66. The van der Waals surface area contributed by atoms with Crippen molar-refractivity contribution in [2.24, 2.45) is 0 Å². The lowest BCUT2D eigenvalue weighted by Crippen LogP contribution is -2.00. The number of rotatable bonds is 3. The Hall–Kier alpha value is -2.40. The van der Waals surface area contributed by atoms with Crippen LogP contribution in [-0.4, -0.2) is 9.78 Å². The minimum Gasteiger partial charge on any atom is -0.232 e. The van der Waals surface area contributed by atoms with Crippen molar-refractivity contribution >= 4 is 22.6 Å². The maximum absolute atomic E-state index is 4.69. The summed E-state index contributed by atoms with van der Waals surface area (Å²) in [4.78, 5) is 0. The summed E-state index contributed by atoms with van der Waals surface area (Å²) in [5, 5.41) is 4.69. The highest BCUT2D eigenvalue weighted by atomic mass is 127. The molecule has 0 saturated carbocycles. The van der Waals surface area contributed by atoms with Crippen LogP contribution in [0.25, 0.3) is 28.1 Å². The first-order valence-corrected chi connectivity index (χ1v) is 8.86. The van der Waals surface area contributed by atoms with Gasteiger partial charge in [0.2, 0.25) is 0 Å². The van der Waals surface area contributed by atoms with E-state index in [4.69, 9.17) is 5.10 Å². The monoisotopic (exact) mass is 422 g/mol. The summed E-state index contributed by atoms with van der Waals surface area (Å²) >= 11 is 2.39. The van der Waals surface area contributed by atoms with E-state index >= 15 is 0 Å². The molecule has 0 radical (unpaired) electrons. The van der Waals surface area contributed by atoms with E-state index in [2.05, 4.69) is 83.3 Å². The Labute approximate surface area is 154 Å². The van der Waals surface area contributed by atoms with Gasteiger partial charge in [-0.15, -0.1) is 0 Å². The third kappa shape index (κ3) is 2.76. The summed E-state index contributed by atoms with van der Waals surface area (Å²) in [5.41, 5.74) is 5.70. The summed E-state index contributed by atoms with van der Waals surface area (Å²) in [6, 6.07) is 29.1. The lowest BCUT2D eigenvalue weighted by molar-refractivity contribution is 0.887. The molecule has 0 amide bonds. The van der Waals surface area contributed by atoms with Crippen LogP contribution in [0.2, 0.25) is 0 Å². The van der Waals surface area contributed by atoms with Gasteiger partial charge in [0.05, 0.1) is 17.6 Å². The number of para-hydroxylation sites is 1. The summed E-state index contributed by atoms with van der Waals surface area (Å²) < 4.78 is 3.24. The van der Waals surface area contributed by atoms with E-state index in [1.165, 1.54) is 14.7 Å². The van der Waals surface area contributed by atoms with Gasteiger partial charge in [0.15, 0.2) is 0 Å². The Balaban J connectivity index is 2.00. The number of hydrogen-bond donors (Lipinski definition) is 0. The maximum atomic E-state index is 4.69. The van der Waals surface area contributed by atoms with Gasteiger partial charge in [0.1, 0.15) is 0 Å². The average Bonchev–Trinajstić information content (AvgIpc) is 3.08. The first-order valence-electron chi connectivity index (χ1n) is 7.78. The van der Waals surface area contributed by atoms with Crippen LogP contribution in [0.15, 0.2) is 91.1 Å². The first kappa shape index (κ1) is 15.1. The average molecular weight is 422 g/mol. The van der Waals surface area contributed by atoms with Crippen LogP contribution in [0.4, 0.5) is 0 Å². The number of aromatic nitrogens is 2. The highest BCUT2D eigenvalue weighted by Crippen LogP contribution is 2.35. The number of halogens is 1. The smallest absolute Gasteiger partial charge is 0.0830 e. The van der Waals surface area contributed by atoms with Crippen molar-refractivity contribution in [3.63, 3.8) is 0 Å². The molecule has 0 bridgehead atoms. The zero-order chi connectivity index (χ0) is 16.4. The maximum Gasteiger partial charge on any atom is 0.0830 e. The lowest BCUT2D eigenvalue weighted by Gasteiger charge is -2.12. The van der Waals surface area contributed by atoms with Crippen molar-refractivity contribution < 1.29 is 0 Å². The third-order valence-electron chi connectivity index (χ3n) is 3.98. The van der Waals surface area contributed by atoms with Gasteiger partial charge in [0, 0.05) is 14.7 Å². The fourth-order valence-electron chi connectivity index (χ4n) is 2.85. The molecule has 4 rings (SSSR count). The van der Waals surface area contributed by atoms with Crippen molar-refractivity contribution in [3.8, 4) is 28.1 Å². The summed E-state index contributed by atoms with van der Waals surface area (Å²) in [5.74, 6) is 0. The molecule has 24 heavy (non-hydrogen) atoms. The van der Waals surface area contributed by atoms with Crippen LogP contribution in [0, 0.1) is 3.57 Å². The SMILES string of the molecule is Ic1ccccc1-c1c(-c2ccccc2)cnn1-c1ccccc1. The minimum atomic E-state index is 1.06. The third-order valence-corrected chi connectivity index (χ3v) is 4.92. The van der Waals surface area contributed by atoms with E-state index in [1.54, 1.807) is 0 Å². The van der Waals surface area contributed by atoms with Crippen molar-refractivity contribution in [2.45, 2.75) is 0 Å². The number of hydrogen-bond acceptors (Lipinski definition) is 1. The molecule has 3 heteroatoms. The molecule has 2 nitrogen and oxygen atoms in total. The Kier molecular flexibility index (Phi) is 4.17. The fraction of sp³-hybridized carbons (Fsp3) is 0. The van der Waals surface area contributed by atoms with Crippen molar-refractivity contribution in [2.75, 3.05) is 0 Å². The molecule has 116 valence electrons. The number of nitrogens with zero attached hydrogens (tertiary/aromatic N) is 2. The van der Waals surface area contributed by atoms with Gasteiger partial charge >= 0.3 is 0 Å². The molecule has 0 fully saturated rings. The van der Waals surface area contributed by atoms with Crippen LogP contribution in [0.3, 0.4) is 0 Å². The van der Waals surface area contributed by atoms with Crippen molar-refractivity contribution in [1.82, 2.24) is 9.78 Å². The molecule has 0 aliphatic heterocycles. The standard InChI is InChI=1S/C21H15IN2/c22-20-14-8-7-13-18(20)21-19(16-9-3-1-4-10-16)15-23-24(21)17-11-5-2-6-12-17/h1-15H. The molecule has 0 atom stereocenters. The van der Waals surface area contributed by atoms with E-state index in [1.807, 2.05) is 35.1 Å². The topological polar surface area (TPSA) is 17.8 Å². The van der Waals surface area contributed by atoms with Gasteiger partial charge in [-0.05, 0) is 46.4 Å². The predicted octanol–water partition coefficient (Wildman–Crippen LogP) is 5.81. The Morgan fingerprint density at radius 3 is 2.00 bits per heavy atom. The Morgan fingerprint density at radius 2 is 1.29 bits per heavy atom. The summed E-state index contributed by atoms with van der Waals surface area (Å²) in [6.45, 7) is 0. The molecular weight excluding hydrogens is 407 g/mol. The molecule has 1 aromatic heterocycles. The predicted molar refractivity (Wildman–Crippen MR) is 107 cm³/mol. The minimum absolute atomic E-state index is 1.06. The normalized spacial score (nSPS) is 10.7. The van der Waals surface area contributed by atoms with Crippen LogP contribution >= 0.6 is 22.6 Å². The molecule has 0 unspecified atom stereocenters. The van der Waals surface area contributed by atoms with E-state index < -0.39 is 0 Å². The Bertz CT molecular complexity index is 903. The van der Waals surface area contributed by atoms with E-state index in [0.29, 0.717) is 0 Å². The second-order valence-electron chi connectivity index (χ2n) is 5.50. The molecule has 0 aliphatic carbocycles. The first-order chi connectivity index (χ1) is 11.8. The van der Waals surface area contributed by atoms with Gasteiger partial charge < -0.3 is 0 Å². The van der Waals surface area contributed by atoms with Crippen molar-refractivity contribution in [3.05, 3.63) is 94.7 Å². The highest BCUT2D eigenvalue weighted by molar-refractivity contribution is 14.1. The van der Waals surface area contributed by atoms with Crippen molar-refractivity contribution in [1.29, 1.82) is 0 Å². The summed E-state index contributed by atoms with van der Waals surface area (Å²) in [7, 11) is 0. The molecule has 0 spiro atoms. The van der Waals surface area contributed by atoms with Gasteiger partial charge in [-0.1, -0.05) is 66.7 Å². The van der Waals surface area contributed by atoms with Gasteiger partial charge in [-0.3, -0.25) is 0 Å². The lowest BCUT2D eigenvalue weighted by atomic mass is 10.0. The van der Waals surface area contributed by atoms with Gasteiger partial charge in [0.25, 0.3) is 0 Å². The largest absolute Gasteiger partial charge is 0.232 e. The molecule has 0 N–H and O–H groups in total. The Morgan fingerprint density at radius 1 is 0.667 bits per heavy atom. The quantitative estimate of drug-likeness (QED) is 0.381. The fourth-order valence-corrected chi connectivity index (χ4v) is 3.50. The van der Waals surface area contributed by atoms with E-state index in [9.17, 15) is 0 Å². The highest BCUT2D eigenvalue weighted by Gasteiger charge is 2.17. The second kappa shape index (κ2) is 6.61. The van der Waals surface area contributed by atoms with E-state index in [0.717, 1.165) is 16.9 Å². The van der Waals surface area contributed by atoms with Crippen LogP contribution in [0.1, 0.15) is 0 Å². The molecule has 3 aromatic carbocycles. The van der Waals surface area contributed by atoms with Crippen LogP contribution in [-0.2, 0) is 0 Å². The molecular formula is C21H15IN2. The zero-order valence-corrected chi connectivity index (χ0v) is 15.1. The summed E-state index contributed by atoms with van der Waals surface area (Å²) in [6.07, 6.45) is 1.96. The van der Waals surface area contributed by atoms with Crippen LogP contribution < -0.4 is 0 Å². The molecule has 0 saturated heterocycles. The van der Waals surface area contributed by atoms with Gasteiger partial charge in [-0.25, -0.2) is 4.68 Å².